The van der Waals surface area contributed by atoms with E-state index >= 15 is 0 Å². The Bertz CT molecular complexity index is 1290. The Morgan fingerprint density at radius 3 is 2.53 bits per heavy atom. The number of anilines is 1. The lowest BCUT2D eigenvalue weighted by Crippen LogP contribution is -2.23. The molecule has 0 unspecified atom stereocenters. The Morgan fingerprint density at radius 1 is 1.07 bits per heavy atom. The van der Waals surface area contributed by atoms with Crippen LogP contribution in [0.1, 0.15) is 16.7 Å². The van der Waals surface area contributed by atoms with Crippen molar-refractivity contribution in [3.63, 3.8) is 0 Å². The van der Waals surface area contributed by atoms with Crippen LogP contribution in [0.25, 0.3) is 15.9 Å². The van der Waals surface area contributed by atoms with Gasteiger partial charge in [0, 0.05) is 5.69 Å². The molecule has 30 heavy (non-hydrogen) atoms. The number of amides is 1. The molecule has 4 aromatic rings. The average Bonchev–Trinajstić information content (AvgIpc) is 3.18. The van der Waals surface area contributed by atoms with Crippen LogP contribution in [-0.2, 0) is 4.79 Å². The van der Waals surface area contributed by atoms with Crippen LogP contribution in [0.2, 0.25) is 0 Å². The molecule has 0 aliphatic carbocycles. The first-order valence-corrected chi connectivity index (χ1v) is 11.4. The highest BCUT2D eigenvalue weighted by atomic mass is 32.2. The molecule has 2 heterocycles. The molecule has 0 aliphatic heterocycles. The zero-order valence-electron chi connectivity index (χ0n) is 16.9. The van der Waals surface area contributed by atoms with Crippen molar-refractivity contribution in [3.8, 4) is 5.69 Å². The van der Waals surface area contributed by atoms with E-state index in [1.807, 2.05) is 74.7 Å². The summed E-state index contributed by atoms with van der Waals surface area (Å²) < 4.78 is 2.24. The maximum Gasteiger partial charge on any atom is 0.276 e. The predicted molar refractivity (Wildman–Crippen MR) is 125 cm³/mol. The summed E-state index contributed by atoms with van der Waals surface area (Å²) in [6.45, 7) is 6.00. The molecule has 0 spiro atoms. The quantitative estimate of drug-likeness (QED) is 0.350. The van der Waals surface area contributed by atoms with Gasteiger partial charge >= 0.3 is 0 Å². The Balaban J connectivity index is 1.66. The predicted octanol–water partition coefficient (Wildman–Crippen LogP) is 5.10. The first kappa shape index (κ1) is 20.4. The fraction of sp³-hybridized carbons (Fsp3) is 0.174. The van der Waals surface area contributed by atoms with E-state index in [0.29, 0.717) is 15.4 Å². The van der Waals surface area contributed by atoms with Crippen LogP contribution in [0.4, 0.5) is 5.69 Å². The number of benzene rings is 2. The standard InChI is InChI=1S/C23H21N3O2S2/c1-14-4-7-17(8-5-14)24-20(27)13-30-23-25-18-10-11-29-21(18)22(28)26(23)19-9-6-15(2)12-16(19)3/h4-12H,13H2,1-3H3,(H,24,27). The van der Waals surface area contributed by atoms with Gasteiger partial charge in [0.15, 0.2) is 5.16 Å². The van der Waals surface area contributed by atoms with Crippen molar-refractivity contribution in [2.24, 2.45) is 0 Å². The molecule has 0 fully saturated rings. The summed E-state index contributed by atoms with van der Waals surface area (Å²) in [7, 11) is 0. The van der Waals surface area contributed by atoms with Crippen molar-refractivity contribution in [2.45, 2.75) is 25.9 Å². The van der Waals surface area contributed by atoms with E-state index in [9.17, 15) is 9.59 Å². The van der Waals surface area contributed by atoms with Gasteiger partial charge in [-0.15, -0.1) is 11.3 Å². The summed E-state index contributed by atoms with van der Waals surface area (Å²) in [5.41, 5.74) is 5.33. The van der Waals surface area contributed by atoms with Crippen LogP contribution in [0.15, 0.2) is 63.9 Å². The van der Waals surface area contributed by atoms with Crippen LogP contribution in [0, 0.1) is 20.8 Å². The topological polar surface area (TPSA) is 64.0 Å². The minimum absolute atomic E-state index is 0.108. The molecule has 2 aromatic heterocycles. The normalized spacial score (nSPS) is 11.0. The van der Waals surface area contributed by atoms with E-state index in [-0.39, 0.29) is 17.2 Å². The molecule has 5 nitrogen and oxygen atoms in total. The zero-order valence-corrected chi connectivity index (χ0v) is 18.6. The molecule has 1 amide bonds. The van der Waals surface area contributed by atoms with Gasteiger partial charge in [-0.25, -0.2) is 4.98 Å². The van der Waals surface area contributed by atoms with E-state index < -0.39 is 0 Å². The smallest absolute Gasteiger partial charge is 0.276 e. The van der Waals surface area contributed by atoms with Crippen LogP contribution < -0.4 is 10.9 Å². The fourth-order valence-electron chi connectivity index (χ4n) is 3.22. The van der Waals surface area contributed by atoms with Gasteiger partial charge in [0.2, 0.25) is 5.91 Å². The van der Waals surface area contributed by atoms with Gasteiger partial charge in [0.1, 0.15) is 4.70 Å². The van der Waals surface area contributed by atoms with Crippen LogP contribution in [0.3, 0.4) is 0 Å². The van der Waals surface area contributed by atoms with Crippen molar-refractivity contribution >= 4 is 44.9 Å². The molecule has 0 aliphatic rings. The second-order valence-electron chi connectivity index (χ2n) is 7.16. The minimum Gasteiger partial charge on any atom is -0.325 e. The summed E-state index contributed by atoms with van der Waals surface area (Å²) in [6, 6.07) is 15.4. The van der Waals surface area contributed by atoms with E-state index in [1.165, 1.54) is 23.1 Å². The van der Waals surface area contributed by atoms with Gasteiger partial charge in [-0.3, -0.25) is 14.2 Å². The number of aromatic nitrogens is 2. The Hall–Kier alpha value is -2.90. The fourth-order valence-corrected chi connectivity index (χ4v) is 4.79. The molecule has 0 radical (unpaired) electrons. The maximum absolute atomic E-state index is 13.2. The van der Waals surface area contributed by atoms with Crippen molar-refractivity contribution in [1.29, 1.82) is 0 Å². The molecule has 0 saturated carbocycles. The lowest BCUT2D eigenvalue weighted by atomic mass is 10.1. The minimum atomic E-state index is -0.143. The third kappa shape index (κ3) is 4.17. The summed E-state index contributed by atoms with van der Waals surface area (Å²) in [4.78, 5) is 30.4. The van der Waals surface area contributed by atoms with Crippen LogP contribution in [0.5, 0.6) is 0 Å². The van der Waals surface area contributed by atoms with E-state index in [0.717, 1.165) is 28.1 Å². The van der Waals surface area contributed by atoms with Crippen molar-refractivity contribution in [3.05, 3.63) is 81.0 Å². The monoisotopic (exact) mass is 435 g/mol. The van der Waals surface area contributed by atoms with E-state index in [2.05, 4.69) is 10.3 Å². The zero-order chi connectivity index (χ0) is 21.3. The number of hydrogen-bond donors (Lipinski definition) is 1. The number of carbonyl (C=O) groups excluding carboxylic acids is 1. The molecule has 152 valence electrons. The Kier molecular flexibility index (Phi) is 5.74. The van der Waals surface area contributed by atoms with E-state index in [1.54, 1.807) is 4.57 Å². The maximum atomic E-state index is 13.2. The first-order valence-electron chi connectivity index (χ1n) is 9.49. The van der Waals surface area contributed by atoms with Gasteiger partial charge in [0.05, 0.1) is 17.0 Å². The van der Waals surface area contributed by atoms with Crippen molar-refractivity contribution < 1.29 is 4.79 Å². The summed E-state index contributed by atoms with van der Waals surface area (Å²) >= 11 is 2.65. The second kappa shape index (κ2) is 8.45. The largest absolute Gasteiger partial charge is 0.325 e. The molecule has 7 heteroatoms. The Labute approximate surface area is 182 Å². The summed E-state index contributed by atoms with van der Waals surface area (Å²) in [5.74, 6) is 0.0108. The van der Waals surface area contributed by atoms with E-state index in [4.69, 9.17) is 0 Å². The summed E-state index contributed by atoms with van der Waals surface area (Å²) in [5, 5.41) is 5.27. The first-order chi connectivity index (χ1) is 14.4. The molecule has 0 bridgehead atoms. The van der Waals surface area contributed by atoms with Crippen LogP contribution >= 0.6 is 23.1 Å². The van der Waals surface area contributed by atoms with Gasteiger partial charge in [-0.1, -0.05) is 47.2 Å². The number of aryl methyl sites for hydroxylation is 3. The van der Waals surface area contributed by atoms with Gasteiger partial charge in [-0.05, 0) is 56.0 Å². The van der Waals surface area contributed by atoms with Gasteiger partial charge < -0.3 is 5.32 Å². The summed E-state index contributed by atoms with van der Waals surface area (Å²) in [6.07, 6.45) is 0. The Morgan fingerprint density at radius 2 is 1.80 bits per heavy atom. The highest BCUT2D eigenvalue weighted by Gasteiger charge is 2.17. The average molecular weight is 436 g/mol. The van der Waals surface area contributed by atoms with Crippen LogP contribution in [-0.4, -0.2) is 21.2 Å². The molecule has 4 rings (SSSR count). The molecular weight excluding hydrogens is 414 g/mol. The highest BCUT2D eigenvalue weighted by Crippen LogP contribution is 2.25. The number of thioether (sulfide) groups is 1. The second-order valence-corrected chi connectivity index (χ2v) is 9.02. The third-order valence-electron chi connectivity index (χ3n) is 4.71. The number of carbonyl (C=O) groups is 1. The van der Waals surface area contributed by atoms with Crippen molar-refractivity contribution in [1.82, 2.24) is 9.55 Å². The lowest BCUT2D eigenvalue weighted by Gasteiger charge is -2.14. The highest BCUT2D eigenvalue weighted by molar-refractivity contribution is 7.99. The number of nitrogens with one attached hydrogen (secondary N) is 1. The number of nitrogens with zero attached hydrogens (tertiary/aromatic N) is 2. The van der Waals surface area contributed by atoms with Crippen molar-refractivity contribution in [2.75, 3.05) is 11.1 Å². The number of thiophene rings is 1. The van der Waals surface area contributed by atoms with Gasteiger partial charge in [-0.2, -0.15) is 0 Å². The molecule has 0 saturated heterocycles. The third-order valence-corrected chi connectivity index (χ3v) is 6.54. The molecule has 0 atom stereocenters. The molecule has 2 aromatic carbocycles. The lowest BCUT2D eigenvalue weighted by molar-refractivity contribution is -0.113. The number of rotatable bonds is 5. The SMILES string of the molecule is Cc1ccc(NC(=O)CSc2nc3ccsc3c(=O)n2-c2ccc(C)cc2C)cc1. The molecule has 1 N–H and O–H groups in total. The number of hydrogen-bond acceptors (Lipinski definition) is 5. The number of fused-ring (bicyclic) bond motifs is 1. The van der Waals surface area contributed by atoms with Gasteiger partial charge in [0.25, 0.3) is 5.56 Å². The molecular formula is C23H21N3O2S2.